The van der Waals surface area contributed by atoms with Crippen LogP contribution in [0.2, 0.25) is 0 Å². The van der Waals surface area contributed by atoms with E-state index in [9.17, 15) is 0 Å². The average molecular weight is 164 g/mol. The molecule has 0 saturated carbocycles. The van der Waals surface area contributed by atoms with Crippen molar-refractivity contribution in [1.29, 1.82) is 0 Å². The summed E-state index contributed by atoms with van der Waals surface area (Å²) in [5.74, 6) is 0. The van der Waals surface area contributed by atoms with Crippen molar-refractivity contribution in [1.82, 2.24) is 0 Å². The Morgan fingerprint density at radius 1 is 1.20 bits per heavy atom. The van der Waals surface area contributed by atoms with E-state index in [1.165, 1.54) is 6.92 Å². The predicted molar refractivity (Wildman–Crippen MR) is 42.5 cm³/mol. The molecule has 1 rings (SSSR count). The molecular weight excluding hydrogens is 152 g/mol. The van der Waals surface area contributed by atoms with E-state index in [1.54, 1.807) is 0 Å². The van der Waals surface area contributed by atoms with Gasteiger partial charge in [-0.25, -0.2) is 0 Å². The van der Waals surface area contributed by atoms with Crippen LogP contribution in [0.3, 0.4) is 0 Å². The molecule has 1 N–H and O–H groups in total. The van der Waals surface area contributed by atoms with Gasteiger partial charge in [-0.2, -0.15) is 0 Å². The molecule has 0 atom stereocenters. The van der Waals surface area contributed by atoms with Gasteiger partial charge in [-0.1, -0.05) is 0 Å². The van der Waals surface area contributed by atoms with Crippen LogP contribution in [0.1, 0.15) is 6.92 Å². The monoisotopic (exact) mass is 164 g/mol. The molecule has 1 aliphatic rings. The fourth-order valence-corrected chi connectivity index (χ4v) is 0.440. The first-order valence-corrected chi connectivity index (χ1v) is 3.49. The zero-order valence-corrected chi connectivity index (χ0v) is 6.82. The first kappa shape index (κ1) is 9.81. The molecule has 0 aromatic carbocycles. The molecule has 1 aliphatic heterocycles. The smallest absolute Gasteiger partial charge is 0.153 e. The van der Waals surface area contributed by atoms with Crippen LogP contribution >= 0.6 is 12.2 Å². The topological polar surface area (TPSA) is 38.7 Å². The Hall–Kier alpha value is -0.190. The van der Waals surface area contributed by atoms with Gasteiger partial charge >= 0.3 is 0 Å². The molecule has 0 bridgehead atoms. The number of aliphatic hydroxyl groups is 1. The zero-order valence-electron chi connectivity index (χ0n) is 6.00. The first-order valence-electron chi connectivity index (χ1n) is 3.08. The molecule has 0 amide bonds. The molecule has 0 unspecified atom stereocenters. The van der Waals surface area contributed by atoms with Gasteiger partial charge in [-0.3, -0.25) is 0 Å². The van der Waals surface area contributed by atoms with Crippen LogP contribution in [0.5, 0.6) is 0 Å². The van der Waals surface area contributed by atoms with Gasteiger partial charge < -0.3 is 14.6 Å². The maximum absolute atomic E-state index is 7.79. The number of rotatable bonds is 0. The van der Waals surface area contributed by atoms with Crippen molar-refractivity contribution in [3.05, 3.63) is 0 Å². The predicted octanol–water partition coefficient (Wildman–Crippen LogP) is 0.925. The summed E-state index contributed by atoms with van der Waals surface area (Å²) in [6.07, 6.45) is 0. The minimum Gasteiger partial charge on any atom is -0.502 e. The second-order valence-corrected chi connectivity index (χ2v) is 2.33. The number of thiocarbonyl (C=S) groups is 1. The van der Waals surface area contributed by atoms with E-state index in [0.717, 1.165) is 26.4 Å². The van der Waals surface area contributed by atoms with Crippen molar-refractivity contribution in [3.8, 4) is 0 Å². The van der Waals surface area contributed by atoms with Crippen LogP contribution in [0, 0.1) is 0 Å². The summed E-state index contributed by atoms with van der Waals surface area (Å²) in [5.41, 5.74) is 0. The lowest BCUT2D eigenvalue weighted by Gasteiger charge is -2.09. The van der Waals surface area contributed by atoms with Crippen LogP contribution in [0.4, 0.5) is 0 Å². The second kappa shape index (κ2) is 6.92. The van der Waals surface area contributed by atoms with Crippen LogP contribution in [-0.2, 0) is 9.47 Å². The van der Waals surface area contributed by atoms with E-state index >= 15 is 0 Å². The quantitative estimate of drug-likeness (QED) is 0.540. The average Bonchev–Trinajstić information content (AvgIpc) is 1.90. The van der Waals surface area contributed by atoms with Gasteiger partial charge in [-0.15, -0.1) is 0 Å². The largest absolute Gasteiger partial charge is 0.502 e. The molecule has 3 nitrogen and oxygen atoms in total. The van der Waals surface area contributed by atoms with Crippen molar-refractivity contribution in [2.75, 3.05) is 26.4 Å². The lowest BCUT2D eigenvalue weighted by atomic mass is 10.6. The summed E-state index contributed by atoms with van der Waals surface area (Å²) in [6.45, 7) is 4.56. The third-order valence-electron chi connectivity index (χ3n) is 0.744. The van der Waals surface area contributed by atoms with E-state index in [1.807, 2.05) is 0 Å². The normalized spacial score (nSPS) is 16.9. The highest BCUT2D eigenvalue weighted by atomic mass is 32.1. The number of hydrogen-bond donors (Lipinski definition) is 1. The van der Waals surface area contributed by atoms with Crippen LogP contribution in [0.15, 0.2) is 0 Å². The van der Waals surface area contributed by atoms with Gasteiger partial charge in [0.25, 0.3) is 0 Å². The van der Waals surface area contributed by atoms with Gasteiger partial charge in [0.2, 0.25) is 0 Å². The summed E-state index contributed by atoms with van der Waals surface area (Å²) in [7, 11) is 0. The summed E-state index contributed by atoms with van der Waals surface area (Å²) in [4.78, 5) is 0. The maximum Gasteiger partial charge on any atom is 0.153 e. The third-order valence-corrected chi connectivity index (χ3v) is 0.744. The SMILES string of the molecule is C1COCCO1.CC(O)=S. The molecule has 1 saturated heterocycles. The van der Waals surface area contributed by atoms with Crippen molar-refractivity contribution < 1.29 is 14.6 Å². The van der Waals surface area contributed by atoms with Gasteiger partial charge in [0, 0.05) is 6.92 Å². The maximum atomic E-state index is 7.79. The van der Waals surface area contributed by atoms with Crippen molar-refractivity contribution >= 4 is 17.3 Å². The summed E-state index contributed by atoms with van der Waals surface area (Å²) in [5, 5.41) is 7.79. The molecule has 4 heteroatoms. The molecule has 0 aliphatic carbocycles. The fraction of sp³-hybridized carbons (Fsp3) is 0.833. The molecule has 0 spiro atoms. The molecular formula is C6H12O3S. The third kappa shape index (κ3) is 10.7. The van der Waals surface area contributed by atoms with Crippen LogP contribution < -0.4 is 0 Å². The Kier molecular flexibility index (Phi) is 6.79. The highest BCUT2D eigenvalue weighted by molar-refractivity contribution is 7.79. The Labute approximate surface area is 65.9 Å². The molecule has 1 heterocycles. The van der Waals surface area contributed by atoms with Gasteiger partial charge in [0.05, 0.1) is 26.4 Å². The Morgan fingerprint density at radius 3 is 1.50 bits per heavy atom. The van der Waals surface area contributed by atoms with Gasteiger partial charge in [0.15, 0.2) is 5.05 Å². The van der Waals surface area contributed by atoms with E-state index in [0.29, 0.717) is 0 Å². The van der Waals surface area contributed by atoms with E-state index in [-0.39, 0.29) is 5.05 Å². The summed E-state index contributed by atoms with van der Waals surface area (Å²) < 4.78 is 9.89. The van der Waals surface area contributed by atoms with Crippen molar-refractivity contribution in [2.24, 2.45) is 0 Å². The first-order chi connectivity index (χ1) is 4.73. The summed E-state index contributed by atoms with van der Waals surface area (Å²) in [6, 6.07) is 0. The van der Waals surface area contributed by atoms with Gasteiger partial charge in [0.1, 0.15) is 0 Å². The summed E-state index contributed by atoms with van der Waals surface area (Å²) >= 11 is 4.09. The van der Waals surface area contributed by atoms with E-state index in [4.69, 9.17) is 14.6 Å². The van der Waals surface area contributed by atoms with E-state index in [2.05, 4.69) is 12.2 Å². The second-order valence-electron chi connectivity index (χ2n) is 1.74. The van der Waals surface area contributed by atoms with Crippen molar-refractivity contribution in [2.45, 2.75) is 6.92 Å². The highest BCUT2D eigenvalue weighted by Crippen LogP contribution is 1.85. The molecule has 1 fully saturated rings. The molecule has 0 radical (unpaired) electrons. The van der Waals surface area contributed by atoms with Crippen LogP contribution in [0.25, 0.3) is 0 Å². The minimum absolute atomic E-state index is 0.000000000000000222. The number of ether oxygens (including phenoxy) is 2. The zero-order chi connectivity index (χ0) is 7.82. The number of hydrogen-bond acceptors (Lipinski definition) is 3. The Morgan fingerprint density at radius 2 is 1.40 bits per heavy atom. The standard InChI is InChI=1S/C4H8O2.C2H4OS/c1-2-6-4-3-5-1;1-2(3)4/h1-4H2;1H3,(H,3,4). The fourth-order valence-electron chi connectivity index (χ4n) is 0.440. The minimum atomic E-state index is 0.000000000000000222. The van der Waals surface area contributed by atoms with Crippen molar-refractivity contribution in [3.63, 3.8) is 0 Å². The van der Waals surface area contributed by atoms with Gasteiger partial charge in [-0.05, 0) is 12.2 Å². The molecule has 0 aromatic heterocycles. The molecule has 0 aromatic rings. The van der Waals surface area contributed by atoms with E-state index < -0.39 is 0 Å². The van der Waals surface area contributed by atoms with Crippen LogP contribution in [-0.4, -0.2) is 36.6 Å². The Balaban J connectivity index is 0.000000180. The highest BCUT2D eigenvalue weighted by Gasteiger charge is 1.94. The lowest BCUT2D eigenvalue weighted by Crippen LogP contribution is -2.16. The molecule has 10 heavy (non-hydrogen) atoms. The number of aliphatic hydroxyl groups excluding tert-OH is 1. The lowest BCUT2D eigenvalue weighted by molar-refractivity contribution is -0.0334. The Bertz CT molecular complexity index is 75.5. The molecule has 60 valence electrons.